The van der Waals surface area contributed by atoms with Gasteiger partial charge in [-0.3, -0.25) is 0 Å². The van der Waals surface area contributed by atoms with Crippen LogP contribution in [0.3, 0.4) is 0 Å². The molecule has 0 unspecified atom stereocenters. The second kappa shape index (κ2) is 25.6. The summed E-state index contributed by atoms with van der Waals surface area (Å²) in [6.07, 6.45) is 0. The third-order valence-electron chi connectivity index (χ3n) is 13.0. The summed E-state index contributed by atoms with van der Waals surface area (Å²) in [6.45, 7) is 40.2. The first-order valence-corrected chi connectivity index (χ1v) is 26.8. The van der Waals surface area contributed by atoms with Crippen molar-refractivity contribution in [2.75, 3.05) is 52.4 Å². The van der Waals surface area contributed by atoms with E-state index in [-0.39, 0.29) is 21.7 Å². The highest BCUT2D eigenvalue weighted by molar-refractivity contribution is 7.81. The van der Waals surface area contributed by atoms with Crippen molar-refractivity contribution in [3.05, 3.63) is 115 Å². The van der Waals surface area contributed by atoms with Gasteiger partial charge in [0.25, 0.3) is 0 Å². The summed E-state index contributed by atoms with van der Waals surface area (Å²) in [7, 11) is 0. The fourth-order valence-electron chi connectivity index (χ4n) is 8.34. The number of hydrogen-bond acceptors (Lipinski definition) is 12. The predicted octanol–water partition coefficient (Wildman–Crippen LogP) is 9.86. The molecular weight excluding hydrogens is 913 g/mol. The molecule has 1 heterocycles. The number of hydrogen-bond donors (Lipinski definition) is 12. The molecule has 0 saturated carbocycles. The summed E-state index contributed by atoms with van der Waals surface area (Å²) in [4.78, 5) is 4.24. The molecule has 1 aliphatic rings. The van der Waals surface area contributed by atoms with Gasteiger partial charge in [0.15, 0.2) is 0 Å². The van der Waals surface area contributed by atoms with Crippen LogP contribution in [0.4, 0.5) is 0 Å². The lowest BCUT2D eigenvalue weighted by atomic mass is 9.85. The lowest BCUT2D eigenvalue weighted by molar-refractivity contribution is 0.567. The molecule has 0 atom stereocenters. The van der Waals surface area contributed by atoms with Crippen LogP contribution in [0.2, 0.25) is 0 Å². The number of nitrogens with one attached hydrogen (secondary N) is 8. The smallest absolute Gasteiger partial charge is 0.0217 e. The van der Waals surface area contributed by atoms with Crippen molar-refractivity contribution in [3.8, 4) is 0 Å². The largest absolute Gasteiger partial charge is 0.311 e. The molecule has 8 nitrogen and oxygen atoms in total. The van der Waals surface area contributed by atoms with E-state index in [0.29, 0.717) is 0 Å². The molecule has 0 fully saturated rings. The Labute approximate surface area is 434 Å². The highest BCUT2D eigenvalue weighted by Gasteiger charge is 2.22. The Morgan fingerprint density at radius 1 is 0.250 bits per heavy atom. The minimum absolute atomic E-state index is 0.0241. The Kier molecular flexibility index (Phi) is 21.4. The summed E-state index contributed by atoms with van der Waals surface area (Å²) >= 11 is 20.4. The van der Waals surface area contributed by atoms with Gasteiger partial charge in [0.2, 0.25) is 0 Å². The van der Waals surface area contributed by atoms with Gasteiger partial charge in [-0.15, -0.1) is 50.5 Å². The molecule has 0 radical (unpaired) electrons. The summed E-state index contributed by atoms with van der Waals surface area (Å²) in [5.41, 5.74) is 15.3. The van der Waals surface area contributed by atoms with Crippen molar-refractivity contribution in [3.63, 3.8) is 0 Å². The van der Waals surface area contributed by atoms with E-state index in [1.165, 1.54) is 66.8 Å². The maximum Gasteiger partial charge on any atom is 0.0217 e. The Morgan fingerprint density at radius 2 is 0.368 bits per heavy atom. The fraction of sp³-hybridized carbons (Fsp3) is 0.571. The van der Waals surface area contributed by atoms with Crippen molar-refractivity contribution in [1.29, 1.82) is 0 Å². The molecule has 5 rings (SSSR count). The average molecular weight is 1000 g/mol. The molecule has 0 aromatic heterocycles. The number of benzene rings is 4. The normalized spacial score (nSPS) is 17.2. The van der Waals surface area contributed by atoms with E-state index in [0.717, 1.165) is 124 Å². The second-order valence-corrected chi connectivity index (χ2v) is 24.8. The quantitative estimate of drug-likeness (QED) is 0.0794. The van der Waals surface area contributed by atoms with Gasteiger partial charge in [-0.2, -0.15) is 0 Å². The summed E-state index contributed by atoms with van der Waals surface area (Å²) in [6, 6.07) is 18.7. The third-order valence-corrected chi connectivity index (χ3v) is 15.3. The van der Waals surface area contributed by atoms with Gasteiger partial charge in [-0.1, -0.05) is 132 Å². The van der Waals surface area contributed by atoms with Gasteiger partial charge < -0.3 is 42.5 Å². The molecule has 12 heteroatoms. The van der Waals surface area contributed by atoms with Gasteiger partial charge in [0.05, 0.1) is 0 Å². The van der Waals surface area contributed by atoms with Crippen LogP contribution in [0.15, 0.2) is 68.1 Å². The average Bonchev–Trinajstić information content (AvgIpc) is 3.24. The molecule has 8 N–H and O–H groups in total. The van der Waals surface area contributed by atoms with Crippen molar-refractivity contribution in [1.82, 2.24) is 42.5 Å². The molecule has 0 amide bonds. The molecule has 8 bridgehead atoms. The monoisotopic (exact) mass is 1000 g/mol. The van der Waals surface area contributed by atoms with Gasteiger partial charge in [0, 0.05) is 124 Å². The molecule has 68 heavy (non-hydrogen) atoms. The molecule has 0 saturated heterocycles. The summed E-state index contributed by atoms with van der Waals surface area (Å²) in [5, 5.41) is 29.7. The predicted molar refractivity (Wildman–Crippen MR) is 303 cm³/mol. The molecule has 4 aromatic rings. The topological polar surface area (TPSA) is 96.2 Å². The van der Waals surface area contributed by atoms with E-state index in [1.54, 1.807) is 0 Å². The van der Waals surface area contributed by atoms with E-state index in [9.17, 15) is 0 Å². The number of rotatable bonds is 0. The van der Waals surface area contributed by atoms with Crippen LogP contribution in [0.1, 0.15) is 150 Å². The second-order valence-electron chi connectivity index (χ2n) is 23.0. The SMILES string of the molecule is CC(C)(C)c1cc2c(S)c(c1)CNCCNCc1cc(C(C)(C)C)cc(c1S)CNCCNCc1cc(C(C)(C)C)cc(c1S)CNCCNCc1cc(C(C)(C)C)cc(c1S)CNCCNC2. The van der Waals surface area contributed by atoms with E-state index in [2.05, 4.69) is 174 Å². The number of thiol groups is 4. The van der Waals surface area contributed by atoms with Crippen LogP contribution in [-0.2, 0) is 74.0 Å². The lowest BCUT2D eigenvalue weighted by Crippen LogP contribution is -2.29. The standard InChI is InChI=1S/C56H88N8S4/c1-53(2,3)45-21-37-29-57-13-15-59-31-39-23-46(54(4,5)6)25-41(50(39)66)33-61-17-19-63-35-43-27-48(56(10,11)12)28-44(52(43)68)36-64-20-18-62-34-42-26-47(55(7,8)9)24-40(51(42)67)32-60-16-14-58-30-38(22-45)49(37)65/h21-28,57-68H,13-20,29-36H2,1-12H3. The third kappa shape index (κ3) is 17.0. The van der Waals surface area contributed by atoms with Crippen molar-refractivity contribution in [2.24, 2.45) is 0 Å². The zero-order valence-corrected chi connectivity index (χ0v) is 47.3. The van der Waals surface area contributed by atoms with E-state index in [1.807, 2.05) is 0 Å². The Morgan fingerprint density at radius 3 is 0.471 bits per heavy atom. The zero-order chi connectivity index (χ0) is 49.9. The molecule has 0 aliphatic carbocycles. The van der Waals surface area contributed by atoms with Gasteiger partial charge in [-0.05, 0) is 88.4 Å². The minimum Gasteiger partial charge on any atom is -0.311 e. The first kappa shape index (κ1) is 56.9. The van der Waals surface area contributed by atoms with Crippen molar-refractivity contribution >= 4 is 50.5 Å². The fourth-order valence-corrected chi connectivity index (χ4v) is 9.49. The maximum atomic E-state index is 5.11. The van der Waals surface area contributed by atoms with Crippen LogP contribution in [0, 0.1) is 0 Å². The molecule has 0 spiro atoms. The molecule has 1 aliphatic heterocycles. The highest BCUT2D eigenvalue weighted by atomic mass is 32.1. The highest BCUT2D eigenvalue weighted by Crippen LogP contribution is 2.33. The Bertz CT molecular complexity index is 1830. The Balaban J connectivity index is 1.33. The van der Waals surface area contributed by atoms with Crippen LogP contribution < -0.4 is 42.5 Å². The number of fused-ring (bicyclic) bond motifs is 8. The van der Waals surface area contributed by atoms with Crippen LogP contribution >= 0.6 is 50.5 Å². The minimum atomic E-state index is 0.0241. The Hall–Kier alpha value is -2.04. The first-order chi connectivity index (χ1) is 31.9. The lowest BCUT2D eigenvalue weighted by Gasteiger charge is -2.24. The molecule has 4 aromatic carbocycles. The molecular formula is C56H88N8S4. The maximum absolute atomic E-state index is 5.11. The zero-order valence-electron chi connectivity index (χ0n) is 43.7. The van der Waals surface area contributed by atoms with E-state index < -0.39 is 0 Å². The van der Waals surface area contributed by atoms with Gasteiger partial charge in [-0.25, -0.2) is 0 Å². The van der Waals surface area contributed by atoms with E-state index >= 15 is 0 Å². The van der Waals surface area contributed by atoms with Crippen LogP contribution in [-0.4, -0.2) is 52.4 Å². The van der Waals surface area contributed by atoms with Crippen LogP contribution in [0.5, 0.6) is 0 Å². The first-order valence-electron chi connectivity index (χ1n) is 25.0. The van der Waals surface area contributed by atoms with Gasteiger partial charge in [0.1, 0.15) is 0 Å². The van der Waals surface area contributed by atoms with Gasteiger partial charge >= 0.3 is 0 Å². The van der Waals surface area contributed by atoms with Crippen LogP contribution in [0.25, 0.3) is 0 Å². The van der Waals surface area contributed by atoms with Crippen molar-refractivity contribution in [2.45, 2.75) is 177 Å². The summed E-state index contributed by atoms with van der Waals surface area (Å²) < 4.78 is 0. The van der Waals surface area contributed by atoms with Crippen molar-refractivity contribution < 1.29 is 0 Å². The summed E-state index contributed by atoms with van der Waals surface area (Å²) in [5.74, 6) is 0. The molecule has 376 valence electrons. The van der Waals surface area contributed by atoms with E-state index in [4.69, 9.17) is 50.5 Å².